The number of nitrogens with zero attached hydrogens (tertiary/aromatic N) is 10. The summed E-state index contributed by atoms with van der Waals surface area (Å²) in [5, 5.41) is 10.4. The molecule has 0 aliphatic carbocycles. The van der Waals surface area contributed by atoms with Crippen LogP contribution in [0.15, 0.2) is 115 Å². The Morgan fingerprint density at radius 1 is 0.391 bits per heavy atom. The Morgan fingerprint density at radius 2 is 0.782 bits per heavy atom. The van der Waals surface area contributed by atoms with Crippen molar-refractivity contribution < 1.29 is 31.1 Å². The smallest absolute Gasteiger partial charge is 0.222 e. The number of ether oxygens (including phenoxy) is 1. The molecule has 5 heterocycles. The summed E-state index contributed by atoms with van der Waals surface area (Å²) in [7, 11) is 6.62. The van der Waals surface area contributed by atoms with Gasteiger partial charge in [-0.1, -0.05) is 54.7 Å². The van der Waals surface area contributed by atoms with E-state index in [4.69, 9.17) is 68.2 Å². The molecule has 0 radical (unpaired) electrons. The van der Waals surface area contributed by atoms with E-state index >= 15 is 0 Å². The van der Waals surface area contributed by atoms with E-state index in [9.17, 15) is 26.3 Å². The number of rotatable bonds is 11. The summed E-state index contributed by atoms with van der Waals surface area (Å²) in [6.45, 7) is 5.90. The number of nitrogens with one attached hydrogen (secondary N) is 3. The number of methoxy groups -OCH3 is 1. The maximum atomic E-state index is 13.6. The van der Waals surface area contributed by atoms with Gasteiger partial charge in [0.15, 0.2) is 11.6 Å². The van der Waals surface area contributed by atoms with Crippen LogP contribution in [-0.4, -0.2) is 78.1 Å². The summed E-state index contributed by atoms with van der Waals surface area (Å²) in [5.74, 6) is -2.25. The predicted molar refractivity (Wildman–Crippen MR) is 333 cm³/mol. The van der Waals surface area contributed by atoms with Gasteiger partial charge in [0.25, 0.3) is 0 Å². The zero-order chi connectivity index (χ0) is 63.6. The molecular weight excluding hydrogens is 1200 g/mol. The molecule has 0 saturated heterocycles. The Morgan fingerprint density at radius 3 is 1.25 bits per heavy atom. The van der Waals surface area contributed by atoms with Crippen LogP contribution < -0.4 is 49.4 Å². The Balaban J connectivity index is 0.000000174. The molecule has 0 aliphatic heterocycles. The highest BCUT2D eigenvalue weighted by Crippen LogP contribution is 2.33. The third-order valence-electron chi connectivity index (χ3n) is 11.9. The second-order valence-corrected chi connectivity index (χ2v) is 19.2. The van der Waals surface area contributed by atoms with Crippen LogP contribution in [0.2, 0.25) is 15.1 Å². The van der Waals surface area contributed by atoms with Crippen molar-refractivity contribution in [3.8, 4) is 62.0 Å². The lowest BCUT2D eigenvalue weighted by Crippen LogP contribution is -2.01. The fraction of sp³-hybridized carbons (Fsp3) is 0.153. The van der Waals surface area contributed by atoms with Crippen LogP contribution in [0.1, 0.15) is 30.8 Å². The van der Waals surface area contributed by atoms with Gasteiger partial charge in [-0.3, -0.25) is 0 Å². The molecule has 5 aromatic carbocycles. The minimum atomic E-state index is -1.24. The van der Waals surface area contributed by atoms with E-state index in [2.05, 4.69) is 65.8 Å². The fourth-order valence-electron chi connectivity index (χ4n) is 7.73. The van der Waals surface area contributed by atoms with Gasteiger partial charge in [-0.05, 0) is 98.1 Å². The van der Waals surface area contributed by atoms with Crippen LogP contribution in [0.25, 0.3) is 56.3 Å². The average Bonchev–Trinajstić information content (AvgIpc) is 2.67. The second kappa shape index (κ2) is 30.8. The van der Waals surface area contributed by atoms with Crippen LogP contribution in [0.3, 0.4) is 0 Å². The zero-order valence-corrected chi connectivity index (χ0v) is 49.8. The number of aryl methyl sites for hydroxylation is 3. The highest BCUT2D eigenvalue weighted by Gasteiger charge is 2.16. The van der Waals surface area contributed by atoms with Crippen LogP contribution in [0, 0.1) is 41.8 Å². The van der Waals surface area contributed by atoms with Crippen molar-refractivity contribution in [1.29, 1.82) is 0 Å². The monoisotopic (exact) mass is 1250 g/mol. The van der Waals surface area contributed by atoms with Gasteiger partial charge < -0.3 is 49.4 Å². The first-order valence-electron chi connectivity index (χ1n) is 25.8. The van der Waals surface area contributed by atoms with Crippen molar-refractivity contribution >= 4 is 82.0 Å². The lowest BCUT2D eigenvalue weighted by atomic mass is 10.0. The highest BCUT2D eigenvalue weighted by atomic mass is 35.5. The molecule has 28 heteroatoms. The summed E-state index contributed by atoms with van der Waals surface area (Å²) >= 11 is 18.0. The summed E-state index contributed by atoms with van der Waals surface area (Å²) in [4.78, 5) is 40.2. The molecule has 0 spiro atoms. The lowest BCUT2D eigenvalue weighted by molar-refractivity contribution is 0.413. The number of nitrogen functional groups attached to an aromatic ring is 5. The Bertz CT molecular complexity index is 3940. The largest absolute Gasteiger partial charge is 0.496 e. The number of anilines is 8. The fourth-order valence-corrected chi connectivity index (χ4v) is 8.41. The van der Waals surface area contributed by atoms with Crippen molar-refractivity contribution in [3.05, 3.63) is 182 Å². The molecular formula is C59H57Cl3F6N18O. The van der Waals surface area contributed by atoms with Crippen molar-refractivity contribution in [1.82, 2.24) is 49.8 Å². The number of halogens is 9. The maximum Gasteiger partial charge on any atom is 0.222 e. The second-order valence-electron chi connectivity index (χ2n) is 18.0. The van der Waals surface area contributed by atoms with Crippen molar-refractivity contribution in [3.63, 3.8) is 0 Å². The molecule has 0 amide bonds. The van der Waals surface area contributed by atoms with Gasteiger partial charge >= 0.3 is 0 Å². The van der Waals surface area contributed by atoms with E-state index in [1.54, 1.807) is 57.5 Å². The Hall–Kier alpha value is -9.85. The molecule has 0 saturated carbocycles. The van der Waals surface area contributed by atoms with Crippen molar-refractivity contribution in [2.45, 2.75) is 33.6 Å². The lowest BCUT2D eigenvalue weighted by Gasteiger charge is -2.09. The van der Waals surface area contributed by atoms with Gasteiger partial charge in [0.1, 0.15) is 46.5 Å². The highest BCUT2D eigenvalue weighted by molar-refractivity contribution is 6.36. The zero-order valence-electron chi connectivity index (χ0n) is 47.6. The predicted octanol–water partition coefficient (Wildman–Crippen LogP) is 13.0. The van der Waals surface area contributed by atoms with Crippen LogP contribution in [-0.2, 0) is 12.8 Å². The minimum Gasteiger partial charge on any atom is -0.496 e. The summed E-state index contributed by atoms with van der Waals surface area (Å²) in [6, 6.07) is 28.2. The third-order valence-corrected chi connectivity index (χ3v) is 12.7. The molecule has 5 aromatic heterocycles. The quantitative estimate of drug-likeness (QED) is 0.0441. The first kappa shape index (κ1) is 66.3. The number of nitrogens with two attached hydrogens (primary N) is 5. The maximum absolute atomic E-state index is 13.6. The number of hydrogen-bond donors (Lipinski definition) is 8. The SMILES string of the molecule is CCc1cc(-c2cc(Cl)ccc2C)nc(N)n1.CCc1cc(-c2cc(F)c(F)cc2F)nc(N)n1.CNc1cc(-c2ccc(Cl)cc2Cl)nc(N)n1.CNc1cc(-c2ccc(F)cc2F)nc(N)n1.CNc1cc(-c2ccc(F)cc2OC)nc(N)n1. The summed E-state index contributed by atoms with van der Waals surface area (Å²) in [6.07, 6.45) is 1.41. The van der Waals surface area contributed by atoms with Crippen LogP contribution in [0.4, 0.5) is 73.5 Å². The minimum absolute atomic E-state index is 0.0237. The molecule has 0 atom stereocenters. The van der Waals surface area contributed by atoms with E-state index in [0.29, 0.717) is 85.0 Å². The Labute approximate surface area is 511 Å². The molecule has 452 valence electrons. The van der Waals surface area contributed by atoms with E-state index < -0.39 is 29.1 Å². The molecule has 19 nitrogen and oxygen atoms in total. The standard InChI is InChI=1S/C13H14ClN3.C12H10F3N3.C12H13FN4O.C11H10Cl2N4.C11H10F2N4/c1-3-10-7-12(17-13(15)16-10)11-6-9(14)5-4-8(11)2;1-2-6-3-11(18-12(16)17-6)7-4-9(14)10(15)5-8(7)13;1-15-11-6-9(16-12(14)17-11)8-4-3-7(13)5-10(8)18-2;2*1-15-10-5-9(16-11(14)17-10)7-3-2-6(12)4-8(7)13/h4-7H,3H2,1-2H3,(H2,15,16,17);3-5H,2H2,1H3,(H2,16,17,18);3-6H,1-2H3,(H3,14,15,16,17);2*2-5H,1H3,(H3,14,15,16,17). The van der Waals surface area contributed by atoms with Gasteiger partial charge in [0, 0.05) is 107 Å². The molecule has 0 bridgehead atoms. The molecule has 10 rings (SSSR count). The third kappa shape index (κ3) is 18.6. The number of aromatic nitrogens is 10. The molecule has 10 aromatic rings. The van der Waals surface area contributed by atoms with E-state index in [1.165, 1.54) is 37.4 Å². The number of hydrogen-bond acceptors (Lipinski definition) is 19. The van der Waals surface area contributed by atoms with Gasteiger partial charge in [-0.2, -0.15) is 15.0 Å². The Kier molecular flexibility index (Phi) is 23.5. The van der Waals surface area contributed by atoms with E-state index in [0.717, 1.165) is 52.7 Å². The first-order chi connectivity index (χ1) is 41.4. The van der Waals surface area contributed by atoms with Gasteiger partial charge in [-0.15, -0.1) is 0 Å². The molecule has 0 aliphatic rings. The topological polar surface area (TPSA) is 304 Å². The molecule has 0 fully saturated rings. The van der Waals surface area contributed by atoms with Gasteiger partial charge in [0.05, 0.1) is 40.6 Å². The van der Waals surface area contributed by atoms with Crippen LogP contribution >= 0.6 is 34.8 Å². The van der Waals surface area contributed by atoms with Gasteiger partial charge in [0.2, 0.25) is 29.7 Å². The summed E-state index contributed by atoms with van der Waals surface area (Å²) in [5.41, 5.74) is 35.5. The van der Waals surface area contributed by atoms with Gasteiger partial charge in [-0.25, -0.2) is 61.2 Å². The molecule has 87 heavy (non-hydrogen) atoms. The van der Waals surface area contributed by atoms with Crippen molar-refractivity contribution in [2.24, 2.45) is 0 Å². The van der Waals surface area contributed by atoms with Crippen LogP contribution in [0.5, 0.6) is 5.75 Å². The van der Waals surface area contributed by atoms with E-state index in [-0.39, 0.29) is 46.4 Å². The summed E-state index contributed by atoms with van der Waals surface area (Å²) < 4.78 is 84.1. The van der Waals surface area contributed by atoms with Crippen molar-refractivity contribution in [2.75, 3.05) is 72.9 Å². The number of benzene rings is 5. The van der Waals surface area contributed by atoms with E-state index in [1.807, 2.05) is 45.0 Å². The normalized spacial score (nSPS) is 10.4. The average molecular weight is 1250 g/mol. The molecule has 0 unspecified atom stereocenters. The molecule has 13 N–H and O–H groups in total. The first-order valence-corrected chi connectivity index (χ1v) is 27.0.